The van der Waals surface area contributed by atoms with Crippen LogP contribution >= 0.6 is 0 Å². The molecule has 0 aliphatic rings. The van der Waals surface area contributed by atoms with E-state index >= 15 is 0 Å². The first-order valence-corrected chi connectivity index (χ1v) is 6.41. The topological polar surface area (TPSA) is 38.1 Å². The van der Waals surface area contributed by atoms with Gasteiger partial charge in [-0.2, -0.15) is 5.10 Å². The number of nitrogens with zero attached hydrogens (tertiary/aromatic N) is 2. The van der Waals surface area contributed by atoms with Crippen molar-refractivity contribution in [3.8, 4) is 0 Å². The molecule has 3 nitrogen and oxygen atoms in total. The minimum absolute atomic E-state index is 0.186. The Balaban J connectivity index is 2.08. The number of hydrogen-bond donors (Lipinski definition) is 1. The van der Waals surface area contributed by atoms with Gasteiger partial charge in [-0.25, -0.2) is 0 Å². The van der Waals surface area contributed by atoms with E-state index in [2.05, 4.69) is 24.2 Å². The third kappa shape index (κ3) is 2.99. The van der Waals surface area contributed by atoms with Crippen LogP contribution in [0.15, 0.2) is 42.7 Å². The second kappa shape index (κ2) is 5.83. The highest BCUT2D eigenvalue weighted by atomic mass is 16.3. The predicted molar refractivity (Wildman–Crippen MR) is 72.4 cm³/mol. The fourth-order valence-corrected chi connectivity index (χ4v) is 2.39. The summed E-state index contributed by atoms with van der Waals surface area (Å²) < 4.78 is 1.77. The molecule has 0 fully saturated rings. The zero-order valence-electron chi connectivity index (χ0n) is 11.0. The number of aliphatic hydroxyl groups excluding tert-OH is 1. The number of aliphatic hydroxyl groups is 1. The van der Waals surface area contributed by atoms with Crippen molar-refractivity contribution < 1.29 is 5.11 Å². The van der Waals surface area contributed by atoms with Gasteiger partial charge < -0.3 is 5.11 Å². The average molecular weight is 244 g/mol. The maximum Gasteiger partial charge on any atom is 0.0650 e. The van der Waals surface area contributed by atoms with Gasteiger partial charge in [-0.3, -0.25) is 4.68 Å². The highest BCUT2D eigenvalue weighted by Gasteiger charge is 2.19. The summed E-state index contributed by atoms with van der Waals surface area (Å²) in [5, 5.41) is 14.5. The van der Waals surface area contributed by atoms with Gasteiger partial charge in [0, 0.05) is 25.6 Å². The van der Waals surface area contributed by atoms with Crippen LogP contribution in [0.5, 0.6) is 0 Å². The van der Waals surface area contributed by atoms with Crippen LogP contribution < -0.4 is 0 Å². The normalized spacial score (nSPS) is 14.4. The molecule has 1 heterocycles. The van der Waals surface area contributed by atoms with Crippen molar-refractivity contribution in [3.63, 3.8) is 0 Å². The van der Waals surface area contributed by atoms with Gasteiger partial charge in [-0.15, -0.1) is 0 Å². The van der Waals surface area contributed by atoms with Gasteiger partial charge in [0.1, 0.15) is 0 Å². The van der Waals surface area contributed by atoms with Gasteiger partial charge in [-0.05, 0) is 17.5 Å². The fraction of sp³-hybridized carbons (Fsp3) is 0.400. The Morgan fingerprint density at radius 2 is 2.00 bits per heavy atom. The van der Waals surface area contributed by atoms with E-state index in [9.17, 15) is 5.11 Å². The van der Waals surface area contributed by atoms with Crippen LogP contribution in [0.4, 0.5) is 0 Å². The van der Waals surface area contributed by atoms with Crippen molar-refractivity contribution in [1.29, 1.82) is 0 Å². The Bertz CT molecular complexity index is 478. The second-order valence-electron chi connectivity index (χ2n) is 4.72. The molecule has 1 aromatic heterocycles. The highest BCUT2D eigenvalue weighted by Crippen LogP contribution is 2.25. The molecular weight excluding hydrogens is 224 g/mol. The van der Waals surface area contributed by atoms with E-state index in [4.69, 9.17) is 0 Å². The third-order valence-corrected chi connectivity index (χ3v) is 3.34. The molecule has 0 bridgehead atoms. The fourth-order valence-electron chi connectivity index (χ4n) is 2.39. The zero-order chi connectivity index (χ0) is 13.0. The summed E-state index contributed by atoms with van der Waals surface area (Å²) in [5.74, 6) is 0.186. The Labute approximate surface area is 108 Å². The molecule has 1 N–H and O–H groups in total. The molecule has 2 atom stereocenters. The molecule has 0 aliphatic heterocycles. The zero-order valence-corrected chi connectivity index (χ0v) is 11.0. The minimum Gasteiger partial charge on any atom is -0.392 e. The number of aromatic nitrogens is 2. The van der Waals surface area contributed by atoms with E-state index in [0.717, 1.165) is 12.0 Å². The Morgan fingerprint density at radius 3 is 2.56 bits per heavy atom. The smallest absolute Gasteiger partial charge is 0.0650 e. The molecule has 96 valence electrons. The van der Waals surface area contributed by atoms with Crippen molar-refractivity contribution in [3.05, 3.63) is 53.9 Å². The molecule has 2 rings (SSSR count). The maximum absolute atomic E-state index is 10.4. The van der Waals surface area contributed by atoms with Crippen LogP contribution in [0.3, 0.4) is 0 Å². The van der Waals surface area contributed by atoms with E-state index in [1.54, 1.807) is 4.68 Å². The van der Waals surface area contributed by atoms with E-state index in [1.165, 1.54) is 5.56 Å². The molecule has 3 heteroatoms. The molecule has 0 aliphatic carbocycles. The molecular formula is C15H20N2O. The molecule has 2 aromatic rings. The van der Waals surface area contributed by atoms with Crippen molar-refractivity contribution in [2.24, 2.45) is 7.05 Å². The second-order valence-corrected chi connectivity index (χ2v) is 4.72. The van der Waals surface area contributed by atoms with E-state index in [0.29, 0.717) is 6.42 Å². The number of hydrogen-bond acceptors (Lipinski definition) is 2. The maximum atomic E-state index is 10.4. The van der Waals surface area contributed by atoms with Crippen LogP contribution in [0.2, 0.25) is 0 Å². The Morgan fingerprint density at radius 1 is 1.28 bits per heavy atom. The van der Waals surface area contributed by atoms with Crippen molar-refractivity contribution in [2.75, 3.05) is 0 Å². The average Bonchev–Trinajstić information content (AvgIpc) is 2.77. The molecule has 0 radical (unpaired) electrons. The van der Waals surface area contributed by atoms with Gasteiger partial charge in [-0.1, -0.05) is 37.3 Å². The summed E-state index contributed by atoms with van der Waals surface area (Å²) in [6, 6.07) is 10.2. The molecule has 0 saturated carbocycles. The van der Waals surface area contributed by atoms with Crippen molar-refractivity contribution in [2.45, 2.75) is 31.8 Å². The Kier molecular flexibility index (Phi) is 4.15. The summed E-state index contributed by atoms with van der Waals surface area (Å²) in [6.07, 6.45) is 5.01. The van der Waals surface area contributed by atoms with Gasteiger partial charge in [0.25, 0.3) is 0 Å². The lowest BCUT2D eigenvalue weighted by atomic mass is 9.88. The molecule has 18 heavy (non-hydrogen) atoms. The van der Waals surface area contributed by atoms with Crippen LogP contribution in [0.25, 0.3) is 0 Å². The van der Waals surface area contributed by atoms with Crippen LogP contribution in [-0.2, 0) is 13.5 Å². The lowest BCUT2D eigenvalue weighted by molar-refractivity contribution is 0.141. The first-order valence-electron chi connectivity index (χ1n) is 6.41. The first kappa shape index (κ1) is 12.8. The summed E-state index contributed by atoms with van der Waals surface area (Å²) in [4.78, 5) is 0. The van der Waals surface area contributed by atoms with Crippen LogP contribution in [-0.4, -0.2) is 21.0 Å². The predicted octanol–water partition coefficient (Wildman–Crippen LogP) is 2.52. The van der Waals surface area contributed by atoms with Crippen molar-refractivity contribution in [1.82, 2.24) is 9.78 Å². The molecule has 0 spiro atoms. The van der Waals surface area contributed by atoms with Gasteiger partial charge in [0.2, 0.25) is 0 Å². The van der Waals surface area contributed by atoms with Gasteiger partial charge >= 0.3 is 0 Å². The summed E-state index contributed by atoms with van der Waals surface area (Å²) in [5.41, 5.74) is 2.29. The molecule has 1 aromatic carbocycles. The monoisotopic (exact) mass is 244 g/mol. The first-order chi connectivity index (χ1) is 8.70. The summed E-state index contributed by atoms with van der Waals surface area (Å²) >= 11 is 0. The standard InChI is InChI=1S/C15H20N2O/c1-3-14(13-7-5-4-6-8-13)15(18)9-12-10-16-17(2)11-12/h4-8,10-11,14-15,18H,3,9H2,1-2H3. The highest BCUT2D eigenvalue weighted by molar-refractivity contribution is 5.21. The number of aryl methyl sites for hydroxylation is 1. The Hall–Kier alpha value is -1.61. The summed E-state index contributed by atoms with van der Waals surface area (Å²) in [7, 11) is 1.89. The SMILES string of the molecule is CCC(c1ccccc1)C(O)Cc1cnn(C)c1. The van der Waals surface area contributed by atoms with E-state index in [1.807, 2.05) is 37.6 Å². The largest absolute Gasteiger partial charge is 0.392 e. The van der Waals surface area contributed by atoms with Crippen LogP contribution in [0.1, 0.15) is 30.4 Å². The lowest BCUT2D eigenvalue weighted by Crippen LogP contribution is -2.20. The van der Waals surface area contributed by atoms with Gasteiger partial charge in [0.15, 0.2) is 0 Å². The van der Waals surface area contributed by atoms with Gasteiger partial charge in [0.05, 0.1) is 12.3 Å². The third-order valence-electron chi connectivity index (χ3n) is 3.34. The number of rotatable bonds is 5. The van der Waals surface area contributed by atoms with E-state index < -0.39 is 0 Å². The van der Waals surface area contributed by atoms with Crippen LogP contribution in [0, 0.1) is 0 Å². The summed E-state index contributed by atoms with van der Waals surface area (Å²) in [6.45, 7) is 2.12. The molecule has 2 unspecified atom stereocenters. The molecule has 0 amide bonds. The number of benzene rings is 1. The van der Waals surface area contributed by atoms with Crippen molar-refractivity contribution >= 4 is 0 Å². The van der Waals surface area contributed by atoms with E-state index in [-0.39, 0.29) is 12.0 Å². The lowest BCUT2D eigenvalue weighted by Gasteiger charge is -2.21. The minimum atomic E-state index is -0.360. The molecule has 0 saturated heterocycles. The quantitative estimate of drug-likeness (QED) is 0.877.